The van der Waals surface area contributed by atoms with E-state index in [4.69, 9.17) is 9.47 Å². The molecule has 1 aliphatic rings. The van der Waals surface area contributed by atoms with E-state index in [1.165, 1.54) is 25.4 Å². The largest absolute Gasteiger partial charge is 0.359 e. The summed E-state index contributed by atoms with van der Waals surface area (Å²) in [5.41, 5.74) is 0.528. The minimum Gasteiger partial charge on any atom is -0.359 e. The lowest BCUT2D eigenvalue weighted by Gasteiger charge is -2.15. The van der Waals surface area contributed by atoms with Gasteiger partial charge in [0.25, 0.3) is 10.0 Å². The molecule has 0 aliphatic carbocycles. The number of hydrogen-bond donors (Lipinski definition) is 1. The predicted molar refractivity (Wildman–Crippen MR) is 74.5 cm³/mol. The molecule has 1 N–H and O–H groups in total. The Balaban J connectivity index is 2.27. The van der Waals surface area contributed by atoms with Crippen molar-refractivity contribution >= 4 is 38.0 Å². The van der Waals surface area contributed by atoms with Gasteiger partial charge >= 0.3 is 0 Å². The Kier molecular flexibility index (Phi) is 4.53. The van der Waals surface area contributed by atoms with E-state index in [2.05, 4.69) is 9.71 Å². The summed E-state index contributed by atoms with van der Waals surface area (Å²) in [5.74, 6) is -0.00804. The number of thiophene rings is 1. The van der Waals surface area contributed by atoms with Crippen molar-refractivity contribution in [2.75, 3.05) is 19.2 Å². The molecule has 110 valence electrons. The number of sulfonamides is 1. The summed E-state index contributed by atoms with van der Waals surface area (Å²) in [6.45, 7) is 1.58. The second kappa shape index (κ2) is 6.00. The number of ether oxygens (including phenoxy) is 2. The van der Waals surface area contributed by atoms with Crippen LogP contribution in [0.1, 0.15) is 18.9 Å². The Bertz CT molecular complexity index is 648. The van der Waals surface area contributed by atoms with Crippen molar-refractivity contribution < 1.29 is 22.7 Å². The van der Waals surface area contributed by atoms with Gasteiger partial charge in [0.1, 0.15) is 28.3 Å². The number of carbonyl (C=O) groups excluding carboxylic acids is 1. The van der Waals surface area contributed by atoms with Crippen LogP contribution in [0.15, 0.2) is 14.7 Å². The molecule has 0 unspecified atom stereocenters. The highest BCUT2D eigenvalue weighted by Gasteiger charge is 2.30. The lowest BCUT2D eigenvalue weighted by molar-refractivity contribution is -0.115. The summed E-state index contributed by atoms with van der Waals surface area (Å²) < 4.78 is 37.9. The zero-order valence-corrected chi connectivity index (χ0v) is 12.6. The number of nitrogens with zero attached hydrogens (tertiary/aromatic N) is 1. The van der Waals surface area contributed by atoms with Crippen LogP contribution >= 0.6 is 11.3 Å². The first kappa shape index (κ1) is 15.1. The highest BCUT2D eigenvalue weighted by Crippen LogP contribution is 2.37. The molecule has 2 heterocycles. The van der Waals surface area contributed by atoms with Gasteiger partial charge < -0.3 is 14.8 Å². The molecule has 0 fully saturated rings. The summed E-state index contributed by atoms with van der Waals surface area (Å²) in [7, 11) is -2.31. The van der Waals surface area contributed by atoms with Crippen LogP contribution in [-0.4, -0.2) is 33.9 Å². The summed E-state index contributed by atoms with van der Waals surface area (Å²) in [4.78, 5) is 11.2. The second-order valence-corrected chi connectivity index (χ2v) is 6.61. The maximum Gasteiger partial charge on any atom is 0.287 e. The molecule has 0 bridgehead atoms. The van der Waals surface area contributed by atoms with Gasteiger partial charge in [0.2, 0.25) is 0 Å². The van der Waals surface area contributed by atoms with Gasteiger partial charge in [-0.25, -0.2) is 0 Å². The van der Waals surface area contributed by atoms with Crippen LogP contribution in [0.3, 0.4) is 0 Å². The molecule has 0 amide bonds. The lowest BCUT2D eigenvalue weighted by atomic mass is 10.3. The van der Waals surface area contributed by atoms with Crippen molar-refractivity contribution in [3.05, 3.63) is 10.9 Å². The lowest BCUT2D eigenvalue weighted by Crippen LogP contribution is -2.22. The molecule has 0 aromatic carbocycles. The van der Waals surface area contributed by atoms with Crippen LogP contribution in [0.2, 0.25) is 0 Å². The standard InChI is InChI=1S/C11H14N2O5S2/c1-7(14)3-9-12-11-10(20(15,16)13-9)8(5-19-11)4-18-6-17-2/h5H,3-4,6H2,1-2H3,(H,12,13). The van der Waals surface area contributed by atoms with E-state index >= 15 is 0 Å². The maximum absolute atomic E-state index is 12.2. The number of anilines is 1. The summed E-state index contributed by atoms with van der Waals surface area (Å²) in [6.07, 6.45) is -0.0356. The number of Topliss-reactive ketones (excluding diaryl/α,β-unsaturated/α-hetero) is 1. The van der Waals surface area contributed by atoms with Crippen LogP contribution in [0.25, 0.3) is 0 Å². The third-order valence-corrected chi connectivity index (χ3v) is 4.95. The van der Waals surface area contributed by atoms with E-state index in [1.807, 2.05) is 0 Å². The van der Waals surface area contributed by atoms with Crippen molar-refractivity contribution in [2.45, 2.75) is 24.8 Å². The fourth-order valence-electron chi connectivity index (χ4n) is 1.74. The molecule has 0 spiro atoms. The molecule has 0 atom stereocenters. The van der Waals surface area contributed by atoms with E-state index in [9.17, 15) is 13.2 Å². The van der Waals surface area contributed by atoms with Gasteiger partial charge in [-0.2, -0.15) is 8.42 Å². The minimum absolute atomic E-state index is 0.0356. The number of methoxy groups -OCH3 is 1. The number of rotatable bonds is 6. The third kappa shape index (κ3) is 3.23. The Hall–Kier alpha value is -1.29. The van der Waals surface area contributed by atoms with Crippen LogP contribution in [-0.2, 0) is 30.9 Å². The number of fused-ring (bicyclic) bond motifs is 1. The summed E-state index contributed by atoms with van der Waals surface area (Å²) >= 11 is 1.24. The molecule has 0 saturated heterocycles. The quantitative estimate of drug-likeness (QED) is 0.629. The smallest absolute Gasteiger partial charge is 0.287 e. The highest BCUT2D eigenvalue weighted by molar-refractivity contribution is 7.90. The first-order valence-electron chi connectivity index (χ1n) is 5.71. The van der Waals surface area contributed by atoms with Crippen LogP contribution < -0.4 is 5.32 Å². The van der Waals surface area contributed by atoms with Crippen LogP contribution in [0.4, 0.5) is 5.00 Å². The maximum atomic E-state index is 12.2. The molecule has 2 rings (SSSR count). The van der Waals surface area contributed by atoms with E-state index < -0.39 is 10.0 Å². The zero-order chi connectivity index (χ0) is 14.8. The summed E-state index contributed by atoms with van der Waals surface area (Å²) in [6, 6.07) is 0. The molecule has 0 saturated carbocycles. The van der Waals surface area contributed by atoms with Gasteiger partial charge in [-0.3, -0.25) is 4.79 Å². The monoisotopic (exact) mass is 318 g/mol. The van der Waals surface area contributed by atoms with E-state index in [1.54, 1.807) is 5.38 Å². The molecule has 20 heavy (non-hydrogen) atoms. The van der Waals surface area contributed by atoms with Gasteiger partial charge in [-0.15, -0.1) is 15.7 Å². The Morgan fingerprint density at radius 2 is 2.25 bits per heavy atom. The van der Waals surface area contributed by atoms with Crippen molar-refractivity contribution in [2.24, 2.45) is 4.40 Å². The molecule has 1 aromatic rings. The van der Waals surface area contributed by atoms with Gasteiger partial charge in [-0.05, 0) is 12.3 Å². The van der Waals surface area contributed by atoms with Gasteiger partial charge in [0.15, 0.2) is 0 Å². The molecule has 7 nitrogen and oxygen atoms in total. The Labute approximate surface area is 120 Å². The minimum atomic E-state index is -3.80. The fraction of sp³-hybridized carbons (Fsp3) is 0.455. The molecule has 1 aliphatic heterocycles. The Morgan fingerprint density at radius 3 is 2.90 bits per heavy atom. The van der Waals surface area contributed by atoms with Crippen molar-refractivity contribution in [3.63, 3.8) is 0 Å². The van der Waals surface area contributed by atoms with E-state index in [0.29, 0.717) is 10.6 Å². The average Bonchev–Trinajstić information content (AvgIpc) is 2.72. The molecule has 9 heteroatoms. The second-order valence-electron chi connectivity index (χ2n) is 4.19. The number of ketones is 1. The van der Waals surface area contributed by atoms with Gasteiger partial charge in [-0.1, -0.05) is 0 Å². The average molecular weight is 318 g/mol. The highest BCUT2D eigenvalue weighted by atomic mass is 32.2. The molecule has 0 radical (unpaired) electrons. The van der Waals surface area contributed by atoms with Crippen LogP contribution in [0, 0.1) is 0 Å². The van der Waals surface area contributed by atoms with E-state index in [-0.39, 0.29) is 36.3 Å². The van der Waals surface area contributed by atoms with Gasteiger partial charge in [0.05, 0.1) is 13.0 Å². The molecule has 1 aromatic heterocycles. The molecular formula is C11H14N2O5S2. The first-order valence-corrected chi connectivity index (χ1v) is 8.03. The molecular weight excluding hydrogens is 304 g/mol. The number of amidine groups is 1. The predicted octanol–water partition coefficient (Wildman–Crippen LogP) is 1.36. The van der Waals surface area contributed by atoms with Crippen molar-refractivity contribution in [3.8, 4) is 0 Å². The first-order chi connectivity index (χ1) is 9.44. The number of nitrogens with one attached hydrogen (secondary N) is 1. The van der Waals surface area contributed by atoms with Crippen molar-refractivity contribution in [1.82, 2.24) is 0 Å². The SMILES string of the molecule is COCOCc1csc2c1S(=O)(=O)N=C(CC(C)=O)N2. The van der Waals surface area contributed by atoms with Crippen LogP contribution in [0.5, 0.6) is 0 Å². The Morgan fingerprint density at radius 1 is 1.50 bits per heavy atom. The van der Waals surface area contributed by atoms with E-state index in [0.717, 1.165) is 0 Å². The number of hydrogen-bond acceptors (Lipinski definition) is 7. The van der Waals surface area contributed by atoms with Gasteiger partial charge in [0, 0.05) is 12.7 Å². The topological polar surface area (TPSA) is 94.1 Å². The summed E-state index contributed by atoms with van der Waals surface area (Å²) in [5, 5.41) is 5.03. The zero-order valence-electron chi connectivity index (χ0n) is 11.0. The van der Waals surface area contributed by atoms with Crippen molar-refractivity contribution in [1.29, 1.82) is 0 Å². The normalized spacial score (nSPS) is 16.2. The fourth-order valence-corrected chi connectivity index (χ4v) is 4.37. The third-order valence-electron chi connectivity index (χ3n) is 2.44. The number of carbonyl (C=O) groups is 1.